The molecular formula is C16H33N3O. The van der Waals surface area contributed by atoms with Crippen LogP contribution in [0.2, 0.25) is 0 Å². The molecule has 20 heavy (non-hydrogen) atoms. The van der Waals surface area contributed by atoms with Gasteiger partial charge in [-0.1, -0.05) is 13.3 Å². The second-order valence-corrected chi connectivity index (χ2v) is 6.41. The third kappa shape index (κ3) is 4.99. The van der Waals surface area contributed by atoms with Gasteiger partial charge in [0.05, 0.1) is 6.61 Å². The first-order chi connectivity index (χ1) is 9.83. The monoisotopic (exact) mass is 283 g/mol. The van der Waals surface area contributed by atoms with Gasteiger partial charge >= 0.3 is 0 Å². The number of piperidine rings is 1. The van der Waals surface area contributed by atoms with Crippen molar-refractivity contribution < 1.29 is 4.74 Å². The number of hydrogen-bond acceptors (Lipinski definition) is 4. The molecule has 2 aliphatic heterocycles. The van der Waals surface area contributed by atoms with Crippen LogP contribution < -0.4 is 5.32 Å². The number of nitrogens with one attached hydrogen (secondary N) is 1. The van der Waals surface area contributed by atoms with E-state index in [4.69, 9.17) is 4.74 Å². The largest absolute Gasteiger partial charge is 0.383 e. The van der Waals surface area contributed by atoms with Crippen molar-refractivity contribution >= 4 is 0 Å². The van der Waals surface area contributed by atoms with E-state index in [1.54, 1.807) is 7.11 Å². The smallest absolute Gasteiger partial charge is 0.0628 e. The number of nitrogens with zero attached hydrogens (tertiary/aromatic N) is 2. The molecule has 4 nitrogen and oxygen atoms in total. The Labute approximate surface area is 124 Å². The van der Waals surface area contributed by atoms with Crippen molar-refractivity contribution in [3.05, 3.63) is 0 Å². The summed E-state index contributed by atoms with van der Waals surface area (Å²) >= 11 is 0. The SMILES string of the molecule is CCCNC(COC)CN1CCC(N2CCCCC2)C1. The highest BCUT2D eigenvalue weighted by Gasteiger charge is 2.29. The third-order valence-electron chi connectivity index (χ3n) is 4.68. The molecule has 2 heterocycles. The first-order valence-electron chi connectivity index (χ1n) is 8.52. The van der Waals surface area contributed by atoms with E-state index in [0.29, 0.717) is 6.04 Å². The zero-order valence-electron chi connectivity index (χ0n) is 13.4. The summed E-state index contributed by atoms with van der Waals surface area (Å²) in [5, 5.41) is 3.61. The maximum atomic E-state index is 5.35. The van der Waals surface area contributed by atoms with E-state index in [0.717, 1.165) is 25.7 Å². The van der Waals surface area contributed by atoms with Crippen LogP contribution >= 0.6 is 0 Å². The average Bonchev–Trinajstić information content (AvgIpc) is 2.94. The lowest BCUT2D eigenvalue weighted by atomic mass is 10.1. The van der Waals surface area contributed by atoms with Gasteiger partial charge < -0.3 is 15.0 Å². The molecular weight excluding hydrogens is 250 g/mol. The van der Waals surface area contributed by atoms with Gasteiger partial charge in [-0.25, -0.2) is 0 Å². The summed E-state index contributed by atoms with van der Waals surface area (Å²) in [7, 11) is 1.81. The standard InChI is InChI=1S/C16H33N3O/c1-3-8-17-15(14-20-2)12-18-11-7-16(13-18)19-9-5-4-6-10-19/h15-17H,3-14H2,1-2H3. The van der Waals surface area contributed by atoms with Crippen LogP contribution in [0.5, 0.6) is 0 Å². The first-order valence-corrected chi connectivity index (χ1v) is 8.52. The molecule has 2 fully saturated rings. The molecule has 0 bridgehead atoms. The molecule has 118 valence electrons. The van der Waals surface area contributed by atoms with Crippen molar-refractivity contribution in [1.82, 2.24) is 15.1 Å². The molecule has 2 unspecified atom stereocenters. The van der Waals surface area contributed by atoms with Gasteiger partial charge in [-0.05, 0) is 51.9 Å². The summed E-state index contributed by atoms with van der Waals surface area (Å²) in [5.74, 6) is 0. The van der Waals surface area contributed by atoms with Crippen LogP contribution in [-0.4, -0.2) is 74.9 Å². The average molecular weight is 283 g/mol. The molecule has 0 spiro atoms. The fraction of sp³-hybridized carbons (Fsp3) is 1.00. The summed E-state index contributed by atoms with van der Waals surface area (Å²) in [6.07, 6.45) is 6.79. The van der Waals surface area contributed by atoms with Crippen molar-refractivity contribution in [3.8, 4) is 0 Å². The Morgan fingerprint density at radius 2 is 2.00 bits per heavy atom. The molecule has 0 aromatic heterocycles. The van der Waals surface area contributed by atoms with E-state index in [2.05, 4.69) is 22.0 Å². The highest BCUT2D eigenvalue weighted by Crippen LogP contribution is 2.20. The predicted octanol–water partition coefficient (Wildman–Crippen LogP) is 1.56. The summed E-state index contributed by atoms with van der Waals surface area (Å²) < 4.78 is 5.35. The van der Waals surface area contributed by atoms with Crippen LogP contribution in [0.4, 0.5) is 0 Å². The Morgan fingerprint density at radius 1 is 1.20 bits per heavy atom. The van der Waals surface area contributed by atoms with Crippen LogP contribution in [-0.2, 0) is 4.74 Å². The van der Waals surface area contributed by atoms with E-state index in [1.165, 1.54) is 58.3 Å². The number of methoxy groups -OCH3 is 1. The van der Waals surface area contributed by atoms with Gasteiger partial charge in [0.1, 0.15) is 0 Å². The van der Waals surface area contributed by atoms with Gasteiger partial charge in [0.15, 0.2) is 0 Å². The van der Waals surface area contributed by atoms with Gasteiger partial charge in [0, 0.05) is 32.3 Å². The Balaban J connectivity index is 1.72. The first kappa shape index (κ1) is 16.2. The second-order valence-electron chi connectivity index (χ2n) is 6.41. The Bertz CT molecular complexity index is 256. The number of hydrogen-bond donors (Lipinski definition) is 1. The van der Waals surface area contributed by atoms with Crippen molar-refractivity contribution in [2.75, 3.05) is 53.0 Å². The highest BCUT2D eigenvalue weighted by molar-refractivity contribution is 4.86. The van der Waals surface area contributed by atoms with Crippen LogP contribution in [0, 0.1) is 0 Å². The van der Waals surface area contributed by atoms with Crippen LogP contribution in [0.3, 0.4) is 0 Å². The topological polar surface area (TPSA) is 27.7 Å². The molecule has 2 atom stereocenters. The lowest BCUT2D eigenvalue weighted by Crippen LogP contribution is -2.45. The summed E-state index contributed by atoms with van der Waals surface area (Å²) in [6.45, 7) is 10.4. The predicted molar refractivity (Wildman–Crippen MR) is 84.2 cm³/mol. The molecule has 4 heteroatoms. The lowest BCUT2D eigenvalue weighted by molar-refractivity contribution is 0.134. The molecule has 0 amide bonds. The zero-order valence-corrected chi connectivity index (χ0v) is 13.4. The van der Waals surface area contributed by atoms with Crippen LogP contribution in [0.15, 0.2) is 0 Å². The van der Waals surface area contributed by atoms with Gasteiger partial charge in [0.2, 0.25) is 0 Å². The van der Waals surface area contributed by atoms with Gasteiger partial charge in [-0.2, -0.15) is 0 Å². The molecule has 2 aliphatic rings. The molecule has 0 saturated carbocycles. The van der Waals surface area contributed by atoms with Gasteiger partial charge in [-0.3, -0.25) is 4.90 Å². The summed E-state index contributed by atoms with van der Waals surface area (Å²) in [5.41, 5.74) is 0. The third-order valence-corrected chi connectivity index (χ3v) is 4.68. The normalized spacial score (nSPS) is 27.0. The van der Waals surface area contributed by atoms with Crippen molar-refractivity contribution in [3.63, 3.8) is 0 Å². The van der Waals surface area contributed by atoms with Crippen LogP contribution in [0.1, 0.15) is 39.0 Å². The fourth-order valence-electron chi connectivity index (χ4n) is 3.60. The van der Waals surface area contributed by atoms with Crippen LogP contribution in [0.25, 0.3) is 0 Å². The van der Waals surface area contributed by atoms with E-state index >= 15 is 0 Å². The van der Waals surface area contributed by atoms with Gasteiger partial charge in [-0.15, -0.1) is 0 Å². The molecule has 0 aromatic rings. The highest BCUT2D eigenvalue weighted by atomic mass is 16.5. The lowest BCUT2D eigenvalue weighted by Gasteiger charge is -2.32. The van der Waals surface area contributed by atoms with Crippen molar-refractivity contribution in [1.29, 1.82) is 0 Å². The second kappa shape index (κ2) is 8.98. The minimum atomic E-state index is 0.486. The molecule has 2 rings (SSSR count). The van der Waals surface area contributed by atoms with Crippen molar-refractivity contribution in [2.24, 2.45) is 0 Å². The number of ether oxygens (including phenoxy) is 1. The van der Waals surface area contributed by atoms with Crippen molar-refractivity contribution in [2.45, 2.75) is 51.1 Å². The Morgan fingerprint density at radius 3 is 2.70 bits per heavy atom. The van der Waals surface area contributed by atoms with E-state index in [-0.39, 0.29) is 0 Å². The van der Waals surface area contributed by atoms with E-state index in [9.17, 15) is 0 Å². The number of likely N-dealkylation sites (tertiary alicyclic amines) is 2. The minimum Gasteiger partial charge on any atom is -0.383 e. The number of rotatable bonds is 8. The summed E-state index contributed by atoms with van der Waals surface area (Å²) in [4.78, 5) is 5.36. The zero-order chi connectivity index (χ0) is 14.2. The molecule has 1 N–H and O–H groups in total. The summed E-state index contributed by atoms with van der Waals surface area (Å²) in [6, 6.07) is 1.30. The van der Waals surface area contributed by atoms with E-state index < -0.39 is 0 Å². The molecule has 0 aliphatic carbocycles. The van der Waals surface area contributed by atoms with E-state index in [1.807, 2.05) is 0 Å². The Hall–Kier alpha value is -0.160. The Kier molecular flexibility index (Phi) is 7.28. The molecule has 0 aromatic carbocycles. The van der Waals surface area contributed by atoms with Gasteiger partial charge in [0.25, 0.3) is 0 Å². The molecule has 2 saturated heterocycles. The minimum absolute atomic E-state index is 0.486. The molecule has 0 radical (unpaired) electrons. The maximum Gasteiger partial charge on any atom is 0.0628 e. The fourth-order valence-corrected chi connectivity index (χ4v) is 3.60. The quantitative estimate of drug-likeness (QED) is 0.732. The maximum absolute atomic E-state index is 5.35.